The lowest BCUT2D eigenvalue weighted by atomic mass is 10.1. The minimum atomic E-state index is -0.225. The van der Waals surface area contributed by atoms with Gasteiger partial charge in [-0.3, -0.25) is 4.79 Å². The quantitative estimate of drug-likeness (QED) is 0.850. The van der Waals surface area contributed by atoms with Gasteiger partial charge >= 0.3 is 0 Å². The second kappa shape index (κ2) is 6.81. The summed E-state index contributed by atoms with van der Waals surface area (Å²) in [5.41, 5.74) is 1.08. The topological polar surface area (TPSA) is 38.8 Å². The molecule has 3 fully saturated rings. The Labute approximate surface area is 141 Å². The molecule has 0 N–H and O–H groups in total. The van der Waals surface area contributed by atoms with Crippen molar-refractivity contribution >= 4 is 5.91 Å². The summed E-state index contributed by atoms with van der Waals surface area (Å²) in [5.74, 6) is 0.378. The van der Waals surface area contributed by atoms with Crippen LogP contribution in [0.25, 0.3) is 0 Å². The largest absolute Gasteiger partial charge is 0.379 e. The van der Waals surface area contributed by atoms with Crippen molar-refractivity contribution in [3.8, 4) is 0 Å². The molecule has 0 spiro atoms. The van der Waals surface area contributed by atoms with E-state index in [9.17, 15) is 9.18 Å². The Morgan fingerprint density at radius 2 is 1.88 bits per heavy atom. The number of benzene rings is 1. The molecule has 3 atom stereocenters. The van der Waals surface area contributed by atoms with Crippen LogP contribution in [0.1, 0.15) is 37.2 Å². The minimum Gasteiger partial charge on any atom is -0.379 e. The lowest BCUT2D eigenvalue weighted by Gasteiger charge is -2.33. The van der Waals surface area contributed by atoms with Gasteiger partial charge in [-0.05, 0) is 49.3 Å². The Kier molecular flexibility index (Phi) is 4.55. The fourth-order valence-electron chi connectivity index (χ4n) is 3.89. The molecule has 24 heavy (non-hydrogen) atoms. The molecule has 4 rings (SSSR count). The summed E-state index contributed by atoms with van der Waals surface area (Å²) in [6, 6.07) is 6.56. The molecular weight excluding hydrogens is 309 g/mol. The van der Waals surface area contributed by atoms with E-state index >= 15 is 0 Å². The Morgan fingerprint density at radius 1 is 1.12 bits per heavy atom. The van der Waals surface area contributed by atoms with Crippen molar-refractivity contribution in [2.24, 2.45) is 5.92 Å². The third-order valence-electron chi connectivity index (χ3n) is 5.43. The predicted octanol–water partition coefficient (Wildman–Crippen LogP) is 2.73. The van der Waals surface area contributed by atoms with Crippen LogP contribution in [0, 0.1) is 11.7 Å². The van der Waals surface area contributed by atoms with Crippen LogP contribution in [-0.4, -0.2) is 49.3 Å². The molecule has 0 aromatic heterocycles. The number of carbonyl (C=O) groups excluding carboxylic acids is 1. The highest BCUT2D eigenvalue weighted by atomic mass is 19.1. The maximum atomic E-state index is 13.0. The van der Waals surface area contributed by atoms with E-state index in [-0.39, 0.29) is 35.8 Å². The summed E-state index contributed by atoms with van der Waals surface area (Å²) in [7, 11) is 0. The van der Waals surface area contributed by atoms with Crippen LogP contribution >= 0.6 is 0 Å². The molecule has 130 valence electrons. The molecule has 3 aliphatic rings. The maximum absolute atomic E-state index is 13.0. The monoisotopic (exact) mass is 333 g/mol. The molecule has 1 aromatic carbocycles. The molecule has 0 radical (unpaired) electrons. The number of amides is 1. The molecule has 4 nitrogen and oxygen atoms in total. The summed E-state index contributed by atoms with van der Waals surface area (Å²) >= 11 is 0. The Balaban J connectivity index is 1.25. The van der Waals surface area contributed by atoms with Crippen LogP contribution in [0.5, 0.6) is 0 Å². The molecule has 0 bridgehead atoms. The molecule has 1 aromatic rings. The smallest absolute Gasteiger partial charge is 0.226 e. The van der Waals surface area contributed by atoms with E-state index in [0.717, 1.165) is 50.9 Å². The van der Waals surface area contributed by atoms with Crippen LogP contribution in [0.4, 0.5) is 4.39 Å². The van der Waals surface area contributed by atoms with E-state index in [1.807, 2.05) is 4.90 Å². The number of piperidine rings is 1. The fraction of sp³-hybridized carbons (Fsp3) is 0.632. The number of hydrogen-bond acceptors (Lipinski definition) is 3. The molecule has 1 saturated carbocycles. The number of halogens is 1. The van der Waals surface area contributed by atoms with Crippen LogP contribution in [0.2, 0.25) is 0 Å². The van der Waals surface area contributed by atoms with Crippen LogP contribution in [-0.2, 0) is 14.3 Å². The molecule has 2 aliphatic heterocycles. The highest BCUT2D eigenvalue weighted by Gasteiger charge is 2.46. The van der Waals surface area contributed by atoms with Gasteiger partial charge in [-0.2, -0.15) is 0 Å². The van der Waals surface area contributed by atoms with Crippen LogP contribution in [0.3, 0.4) is 0 Å². The number of hydrogen-bond donors (Lipinski definition) is 0. The molecule has 1 amide bonds. The standard InChI is InChI=1S/C19H24FNO3/c20-14-3-1-13(2-4-14)17-11-18(17)19(22)21-8-5-15(6-9-21)24-16-7-10-23-12-16/h1-4,15-18H,5-12H2/t16-,17-,18+/m0/s1. The second-order valence-corrected chi connectivity index (χ2v) is 7.15. The van der Waals surface area contributed by atoms with E-state index < -0.39 is 0 Å². The maximum Gasteiger partial charge on any atom is 0.226 e. The number of carbonyl (C=O) groups is 1. The van der Waals surface area contributed by atoms with Crippen molar-refractivity contribution in [2.45, 2.75) is 43.8 Å². The average molecular weight is 333 g/mol. The first-order valence-corrected chi connectivity index (χ1v) is 8.98. The molecule has 1 aliphatic carbocycles. The lowest BCUT2D eigenvalue weighted by molar-refractivity contribution is -0.136. The Morgan fingerprint density at radius 3 is 2.54 bits per heavy atom. The average Bonchev–Trinajstić information content (AvgIpc) is 3.24. The molecular formula is C19H24FNO3. The van der Waals surface area contributed by atoms with Crippen molar-refractivity contribution < 1.29 is 18.7 Å². The predicted molar refractivity (Wildman–Crippen MR) is 87.2 cm³/mol. The first-order valence-electron chi connectivity index (χ1n) is 8.98. The number of rotatable bonds is 4. The van der Waals surface area contributed by atoms with Gasteiger partial charge < -0.3 is 14.4 Å². The van der Waals surface area contributed by atoms with Gasteiger partial charge in [-0.25, -0.2) is 4.39 Å². The number of nitrogens with zero attached hydrogens (tertiary/aromatic N) is 1. The second-order valence-electron chi connectivity index (χ2n) is 7.15. The summed E-state index contributed by atoms with van der Waals surface area (Å²) in [5, 5.41) is 0. The van der Waals surface area contributed by atoms with E-state index in [4.69, 9.17) is 9.47 Å². The minimum absolute atomic E-state index is 0.0798. The highest BCUT2D eigenvalue weighted by molar-refractivity contribution is 5.83. The van der Waals surface area contributed by atoms with Gasteiger partial charge in [0, 0.05) is 25.6 Å². The molecule has 0 unspecified atom stereocenters. The van der Waals surface area contributed by atoms with Gasteiger partial charge in [-0.1, -0.05) is 12.1 Å². The van der Waals surface area contributed by atoms with Crippen molar-refractivity contribution in [1.29, 1.82) is 0 Å². The van der Waals surface area contributed by atoms with E-state index in [2.05, 4.69) is 0 Å². The fourth-order valence-corrected chi connectivity index (χ4v) is 3.89. The van der Waals surface area contributed by atoms with Gasteiger partial charge in [0.25, 0.3) is 0 Å². The zero-order chi connectivity index (χ0) is 16.5. The van der Waals surface area contributed by atoms with Gasteiger partial charge in [0.1, 0.15) is 5.82 Å². The van der Waals surface area contributed by atoms with Gasteiger partial charge in [0.2, 0.25) is 5.91 Å². The van der Waals surface area contributed by atoms with Crippen molar-refractivity contribution in [3.63, 3.8) is 0 Å². The van der Waals surface area contributed by atoms with Crippen molar-refractivity contribution in [2.75, 3.05) is 26.3 Å². The van der Waals surface area contributed by atoms with Gasteiger partial charge in [-0.15, -0.1) is 0 Å². The Bertz CT molecular complexity index is 577. The van der Waals surface area contributed by atoms with E-state index in [1.54, 1.807) is 12.1 Å². The zero-order valence-electron chi connectivity index (χ0n) is 13.8. The lowest BCUT2D eigenvalue weighted by Crippen LogP contribution is -2.42. The Hall–Kier alpha value is -1.46. The SMILES string of the molecule is O=C([C@@H]1C[C@H]1c1ccc(F)cc1)N1CCC(O[C@H]2CCOC2)CC1. The van der Waals surface area contributed by atoms with Gasteiger partial charge in [0.05, 0.1) is 18.8 Å². The number of likely N-dealkylation sites (tertiary alicyclic amines) is 1. The zero-order valence-corrected chi connectivity index (χ0v) is 13.8. The van der Waals surface area contributed by atoms with Crippen LogP contribution in [0.15, 0.2) is 24.3 Å². The van der Waals surface area contributed by atoms with E-state index in [1.165, 1.54) is 12.1 Å². The van der Waals surface area contributed by atoms with Gasteiger partial charge in [0.15, 0.2) is 0 Å². The van der Waals surface area contributed by atoms with E-state index in [0.29, 0.717) is 6.61 Å². The van der Waals surface area contributed by atoms with Crippen molar-refractivity contribution in [1.82, 2.24) is 4.90 Å². The summed E-state index contributed by atoms with van der Waals surface area (Å²) in [6.45, 7) is 3.07. The third kappa shape index (κ3) is 3.47. The highest BCUT2D eigenvalue weighted by Crippen LogP contribution is 2.48. The number of ether oxygens (including phenoxy) is 2. The van der Waals surface area contributed by atoms with Crippen molar-refractivity contribution in [3.05, 3.63) is 35.6 Å². The third-order valence-corrected chi connectivity index (χ3v) is 5.43. The first kappa shape index (κ1) is 16.0. The molecule has 5 heteroatoms. The van der Waals surface area contributed by atoms with Crippen LogP contribution < -0.4 is 0 Å². The first-order chi connectivity index (χ1) is 11.7. The summed E-state index contributed by atoms with van der Waals surface area (Å²) < 4.78 is 24.4. The normalized spacial score (nSPS) is 30.5. The molecule has 2 saturated heterocycles. The molecule has 2 heterocycles. The summed E-state index contributed by atoms with van der Waals surface area (Å²) in [6.07, 6.45) is 4.20. The summed E-state index contributed by atoms with van der Waals surface area (Å²) in [4.78, 5) is 14.6.